The molecule has 76 heavy (non-hydrogen) atoms. The highest BCUT2D eigenvalue weighted by Gasteiger charge is 2.48. The summed E-state index contributed by atoms with van der Waals surface area (Å²) in [6.07, 6.45) is 41.7. The number of hydrogen-bond acceptors (Lipinski definition) is 0. The van der Waals surface area contributed by atoms with Crippen LogP contribution in [0.2, 0.25) is 0 Å². The lowest BCUT2D eigenvalue weighted by molar-refractivity contribution is -0.144. The minimum Gasteiger partial charge on any atom is -0.171 e. The summed E-state index contributed by atoms with van der Waals surface area (Å²) in [5.41, 5.74) is 4.98. The van der Waals surface area contributed by atoms with Crippen LogP contribution in [0.5, 0.6) is 0 Å². The molecule has 0 nitrogen and oxygen atoms in total. The Hall–Kier alpha value is -0.420. The van der Waals surface area contributed by atoms with Crippen molar-refractivity contribution in [2.45, 2.75) is 375 Å². The minimum absolute atomic E-state index is 0.231. The first kappa shape index (κ1) is 73.6. The fourth-order valence-corrected chi connectivity index (χ4v) is 15.8. The van der Waals surface area contributed by atoms with E-state index in [4.69, 9.17) is 0 Å². The zero-order chi connectivity index (χ0) is 58.1. The molecule has 0 N–H and O–H groups in total. The van der Waals surface area contributed by atoms with Gasteiger partial charge in [0.05, 0.1) is 0 Å². The monoisotopic (exact) mass is 1090 g/mol. The highest BCUT2D eigenvalue weighted by atomic mass is 19.4. The summed E-state index contributed by atoms with van der Waals surface area (Å²) in [6.45, 7) is 39.6. The van der Waals surface area contributed by atoms with Crippen LogP contribution >= 0.6 is 0 Å². The second-order valence-corrected chi connectivity index (χ2v) is 30.9. The lowest BCUT2D eigenvalue weighted by Crippen LogP contribution is -2.43. The van der Waals surface area contributed by atoms with Gasteiger partial charge in [-0.2, -0.15) is 26.3 Å². The van der Waals surface area contributed by atoms with Crippen molar-refractivity contribution in [3.8, 4) is 0 Å². The molecule has 0 heterocycles. The van der Waals surface area contributed by atoms with Gasteiger partial charge in [-0.05, 0) is 195 Å². The van der Waals surface area contributed by atoms with E-state index >= 15 is 0 Å². The molecule has 0 aromatic heterocycles. The summed E-state index contributed by atoms with van der Waals surface area (Å²) in [6, 6.07) is 0. The maximum absolute atomic E-state index is 11.5. The molecule has 2 atom stereocenters. The van der Waals surface area contributed by atoms with Crippen molar-refractivity contribution in [1.82, 2.24) is 0 Å². The summed E-state index contributed by atoms with van der Waals surface area (Å²) in [5, 5.41) is 0. The normalized spacial score (nSPS) is 26.2. The van der Waals surface area contributed by atoms with Crippen LogP contribution in [0.4, 0.5) is 26.3 Å². The highest BCUT2D eigenvalue weighted by Crippen LogP contribution is 2.60. The molecule has 0 amide bonds. The summed E-state index contributed by atoms with van der Waals surface area (Å²) in [7, 11) is 0. The van der Waals surface area contributed by atoms with Crippen LogP contribution in [0, 0.1) is 73.4 Å². The Labute approximate surface area is 472 Å². The first-order valence-corrected chi connectivity index (χ1v) is 33.3. The van der Waals surface area contributed by atoms with E-state index in [0.29, 0.717) is 34.5 Å². The molecular weight excluding hydrogens is 955 g/mol. The number of halogens is 6. The fraction of sp³-hybridized carbons (Fsp3) is 1.00. The molecule has 4 spiro atoms. The Morgan fingerprint density at radius 1 is 0.342 bits per heavy atom. The van der Waals surface area contributed by atoms with E-state index < -0.39 is 25.2 Å². The van der Waals surface area contributed by atoms with Crippen molar-refractivity contribution in [2.75, 3.05) is 0 Å². The van der Waals surface area contributed by atoms with Crippen LogP contribution in [0.25, 0.3) is 0 Å². The van der Waals surface area contributed by atoms with Gasteiger partial charge < -0.3 is 0 Å². The Balaban J connectivity index is 0.000000453. The van der Waals surface area contributed by atoms with E-state index in [2.05, 4.69) is 83.1 Å². The van der Waals surface area contributed by atoms with Gasteiger partial charge in [0, 0.05) is 12.8 Å². The van der Waals surface area contributed by atoms with Crippen molar-refractivity contribution in [1.29, 1.82) is 0 Å². The van der Waals surface area contributed by atoms with Gasteiger partial charge in [-0.15, -0.1) is 0 Å². The Bertz CT molecular complexity index is 1370. The fourth-order valence-electron chi connectivity index (χ4n) is 15.8. The van der Waals surface area contributed by atoms with Crippen molar-refractivity contribution in [3.05, 3.63) is 0 Å². The van der Waals surface area contributed by atoms with Crippen molar-refractivity contribution >= 4 is 0 Å². The average molecular weight is 1090 g/mol. The van der Waals surface area contributed by atoms with Gasteiger partial charge in [-0.3, -0.25) is 0 Å². The van der Waals surface area contributed by atoms with Gasteiger partial charge in [0.25, 0.3) is 0 Å². The van der Waals surface area contributed by atoms with Gasteiger partial charge >= 0.3 is 12.4 Å². The summed E-state index contributed by atoms with van der Waals surface area (Å²) < 4.78 is 69.0. The van der Waals surface area contributed by atoms with E-state index in [9.17, 15) is 26.3 Å². The molecule has 0 aromatic carbocycles. The third-order valence-electron chi connectivity index (χ3n) is 20.8. The standard InChI is InChI=1S/C16H30.C14H26.C12H22.C11H20.2C6H11F3.C3H8.C2H6/c1-13-6-8-16(9-7-13)11-14(2,3)10-15(4,5)12-16;1-12-4-6-14(7-5-12)10-8-13(2,3)9-11-14;1-11-5-9-12(10-6-11)7-3-2-4-8-12;1-10-4-8-11(9-5-10)6-2-3-7-11;2*1-3-5(2)4-6(7,8)9;1-3-2;1-2/h13H,6-12H2,1-5H3;12H,4-11H2,1-3H3;11H,2-10H2,1H3;10H,2-9H2,1H3;2*5H,3-4H2,1-2H3;3H2,1-2H3;1-2H3/t;;;;2*5-;;/m....00../s1. The molecule has 0 aliphatic heterocycles. The first-order valence-electron chi connectivity index (χ1n) is 33.3. The zero-order valence-corrected chi connectivity index (χ0v) is 54.4. The van der Waals surface area contributed by atoms with Crippen LogP contribution < -0.4 is 0 Å². The molecule has 456 valence electrons. The zero-order valence-electron chi connectivity index (χ0n) is 54.4. The van der Waals surface area contributed by atoms with Gasteiger partial charge in [-0.1, -0.05) is 227 Å². The van der Waals surface area contributed by atoms with Crippen molar-refractivity contribution in [2.24, 2.45) is 73.4 Å². The number of hydrogen-bond donors (Lipinski definition) is 0. The lowest BCUT2D eigenvalue weighted by atomic mass is 9.51. The molecule has 8 rings (SSSR count). The number of rotatable bonds is 4. The highest BCUT2D eigenvalue weighted by molar-refractivity contribution is 4.99. The maximum Gasteiger partial charge on any atom is 0.389 e. The van der Waals surface area contributed by atoms with E-state index in [1.54, 1.807) is 79.1 Å². The van der Waals surface area contributed by atoms with E-state index in [1.165, 1.54) is 161 Å². The quantitative estimate of drug-likeness (QED) is 0.246. The predicted molar refractivity (Wildman–Crippen MR) is 323 cm³/mol. The molecule has 8 aliphatic carbocycles. The molecule has 8 saturated carbocycles. The van der Waals surface area contributed by atoms with Crippen molar-refractivity contribution < 1.29 is 26.3 Å². The molecule has 6 heteroatoms. The summed E-state index contributed by atoms with van der Waals surface area (Å²) in [5.74, 6) is 3.59. The molecule has 0 bridgehead atoms. The summed E-state index contributed by atoms with van der Waals surface area (Å²) >= 11 is 0. The van der Waals surface area contributed by atoms with Gasteiger partial charge in [0.2, 0.25) is 0 Å². The van der Waals surface area contributed by atoms with Gasteiger partial charge in [0.1, 0.15) is 0 Å². The smallest absolute Gasteiger partial charge is 0.171 e. The predicted octanol–water partition coefficient (Wildman–Crippen LogP) is 26.5. The Morgan fingerprint density at radius 3 is 0.816 bits per heavy atom. The van der Waals surface area contributed by atoms with E-state index in [0.717, 1.165) is 39.9 Å². The molecular formula is C70H134F6. The van der Waals surface area contributed by atoms with Crippen LogP contribution in [0.15, 0.2) is 0 Å². The van der Waals surface area contributed by atoms with Crippen LogP contribution in [0.3, 0.4) is 0 Å². The SMILES string of the molecule is CC.CC1CCC2(CC1)CC(C)(C)CC(C)(C)C2.CC1CCC2(CC1)CCC(C)(C)CC2.CC1CCC2(CCCC2)CC1.CC1CCC2(CCCCC2)CC1.CCC.CC[C@H](C)CC(F)(F)F.CC[C@H](C)CC(F)(F)F. The Morgan fingerprint density at radius 2 is 0.579 bits per heavy atom. The molecule has 8 fully saturated rings. The molecule has 0 unspecified atom stereocenters. The molecule has 0 aromatic rings. The Kier molecular flexibility index (Phi) is 33.2. The maximum atomic E-state index is 11.5. The minimum atomic E-state index is -3.98. The van der Waals surface area contributed by atoms with Crippen LogP contribution in [-0.2, 0) is 0 Å². The third-order valence-corrected chi connectivity index (χ3v) is 20.8. The van der Waals surface area contributed by atoms with Crippen LogP contribution in [-0.4, -0.2) is 12.4 Å². The largest absolute Gasteiger partial charge is 0.389 e. The third kappa shape index (κ3) is 30.6. The topological polar surface area (TPSA) is 0 Å². The average Bonchev–Trinajstić information content (AvgIpc) is 3.80. The van der Waals surface area contributed by atoms with E-state index in [-0.39, 0.29) is 11.8 Å². The molecule has 8 aliphatic rings. The number of alkyl halides is 6. The second-order valence-electron chi connectivity index (χ2n) is 30.9. The molecule has 0 radical (unpaired) electrons. The summed E-state index contributed by atoms with van der Waals surface area (Å²) in [4.78, 5) is 0. The lowest BCUT2D eigenvalue weighted by Gasteiger charge is -2.54. The van der Waals surface area contributed by atoms with E-state index in [1.807, 2.05) is 13.8 Å². The first-order chi connectivity index (χ1) is 35.2. The van der Waals surface area contributed by atoms with Gasteiger partial charge in [-0.25, -0.2) is 0 Å². The molecule has 0 saturated heterocycles. The van der Waals surface area contributed by atoms with Gasteiger partial charge in [0.15, 0.2) is 0 Å². The van der Waals surface area contributed by atoms with Crippen molar-refractivity contribution in [3.63, 3.8) is 0 Å². The second kappa shape index (κ2) is 34.2. The van der Waals surface area contributed by atoms with Crippen LogP contribution in [0.1, 0.15) is 362 Å².